The zero-order valence-electron chi connectivity index (χ0n) is 9.58. The Labute approximate surface area is 96.3 Å². The lowest BCUT2D eigenvalue weighted by molar-refractivity contribution is -0.0708. The largest absolute Gasteiger partial charge is 0.390 e. The molecule has 1 fully saturated rings. The van der Waals surface area contributed by atoms with Crippen LogP contribution in [0.2, 0.25) is 0 Å². The molecule has 2 N–H and O–H groups in total. The van der Waals surface area contributed by atoms with E-state index in [1.54, 1.807) is 0 Å². The fraction of sp³-hybridized carbons (Fsp3) is 0.538. The molecule has 1 aromatic carbocycles. The maximum absolute atomic E-state index is 9.70. The Morgan fingerprint density at radius 3 is 2.50 bits per heavy atom. The minimum atomic E-state index is -0.618. The fourth-order valence-corrected chi connectivity index (χ4v) is 2.31. The van der Waals surface area contributed by atoms with Crippen molar-refractivity contribution in [1.29, 1.82) is 0 Å². The van der Waals surface area contributed by atoms with Crippen LogP contribution in [0.3, 0.4) is 0 Å². The second kappa shape index (κ2) is 4.95. The number of piperidine rings is 1. The van der Waals surface area contributed by atoms with Crippen molar-refractivity contribution in [2.75, 3.05) is 13.1 Å². The molecule has 0 spiro atoms. The second-order valence-corrected chi connectivity index (χ2v) is 4.71. The van der Waals surface area contributed by atoms with Crippen molar-refractivity contribution in [3.8, 4) is 0 Å². The first-order chi connectivity index (χ1) is 7.66. The van der Waals surface area contributed by atoms with E-state index < -0.39 is 12.2 Å². The van der Waals surface area contributed by atoms with Gasteiger partial charge in [-0.05, 0) is 11.5 Å². The van der Waals surface area contributed by atoms with E-state index >= 15 is 0 Å². The lowest BCUT2D eigenvalue weighted by atomic mass is 9.94. The molecule has 1 saturated heterocycles. The van der Waals surface area contributed by atoms with Crippen molar-refractivity contribution < 1.29 is 10.2 Å². The third-order valence-electron chi connectivity index (χ3n) is 3.22. The topological polar surface area (TPSA) is 43.7 Å². The number of aliphatic hydroxyl groups is 2. The van der Waals surface area contributed by atoms with Gasteiger partial charge in [0.15, 0.2) is 0 Å². The summed E-state index contributed by atoms with van der Waals surface area (Å²) < 4.78 is 0. The summed E-state index contributed by atoms with van der Waals surface area (Å²) in [5, 5.41) is 19.4. The molecule has 88 valence electrons. The summed E-state index contributed by atoms with van der Waals surface area (Å²) >= 11 is 0. The Kier molecular flexibility index (Phi) is 3.59. The predicted molar refractivity (Wildman–Crippen MR) is 62.9 cm³/mol. The van der Waals surface area contributed by atoms with Gasteiger partial charge in [0.2, 0.25) is 0 Å². The molecule has 0 aromatic heterocycles. The number of aliphatic hydroxyl groups excluding tert-OH is 2. The number of rotatable bonds is 2. The molecular formula is C13H19NO2. The Morgan fingerprint density at radius 1 is 1.19 bits per heavy atom. The molecule has 1 heterocycles. The summed E-state index contributed by atoms with van der Waals surface area (Å²) in [5.41, 5.74) is 1.25. The van der Waals surface area contributed by atoms with Gasteiger partial charge in [0.05, 0.1) is 12.2 Å². The van der Waals surface area contributed by atoms with Crippen LogP contribution < -0.4 is 0 Å². The van der Waals surface area contributed by atoms with Gasteiger partial charge in [0.25, 0.3) is 0 Å². The molecule has 1 aromatic rings. The SMILES string of the molecule is C[C@@H]1CN(Cc2ccccc2)CC(O)[C@H]1O. The van der Waals surface area contributed by atoms with Crippen molar-refractivity contribution in [2.24, 2.45) is 5.92 Å². The Bertz CT molecular complexity index is 316. The highest BCUT2D eigenvalue weighted by molar-refractivity contribution is 5.14. The molecule has 0 bridgehead atoms. The zero-order valence-corrected chi connectivity index (χ0v) is 9.58. The van der Waals surface area contributed by atoms with Gasteiger partial charge in [-0.1, -0.05) is 37.3 Å². The van der Waals surface area contributed by atoms with Crippen molar-refractivity contribution in [1.82, 2.24) is 4.90 Å². The van der Waals surface area contributed by atoms with Crippen LogP contribution in [0.1, 0.15) is 12.5 Å². The number of nitrogens with zero attached hydrogens (tertiary/aromatic N) is 1. The summed E-state index contributed by atoms with van der Waals surface area (Å²) in [6, 6.07) is 10.2. The van der Waals surface area contributed by atoms with Crippen LogP contribution >= 0.6 is 0 Å². The van der Waals surface area contributed by atoms with E-state index in [4.69, 9.17) is 0 Å². The quantitative estimate of drug-likeness (QED) is 0.778. The molecule has 0 amide bonds. The fourth-order valence-electron chi connectivity index (χ4n) is 2.31. The van der Waals surface area contributed by atoms with Gasteiger partial charge < -0.3 is 10.2 Å². The summed E-state index contributed by atoms with van der Waals surface area (Å²) in [6.45, 7) is 4.22. The maximum atomic E-state index is 9.70. The molecule has 0 aliphatic carbocycles. The molecule has 1 aliphatic heterocycles. The molecule has 0 radical (unpaired) electrons. The highest BCUT2D eigenvalue weighted by Gasteiger charge is 2.31. The number of benzene rings is 1. The number of β-amino-alcohol motifs (C(OH)–C–C–N with tert-alkyl or cyclic N) is 1. The third kappa shape index (κ3) is 2.61. The van der Waals surface area contributed by atoms with Crippen LogP contribution in [-0.4, -0.2) is 40.4 Å². The van der Waals surface area contributed by atoms with Crippen LogP contribution in [-0.2, 0) is 6.54 Å². The van der Waals surface area contributed by atoms with Crippen molar-refractivity contribution >= 4 is 0 Å². The van der Waals surface area contributed by atoms with Gasteiger partial charge in [-0.25, -0.2) is 0 Å². The van der Waals surface area contributed by atoms with Crippen LogP contribution in [0.15, 0.2) is 30.3 Å². The number of hydrogen-bond donors (Lipinski definition) is 2. The number of hydrogen-bond acceptors (Lipinski definition) is 3. The molecule has 2 rings (SSSR count). The van der Waals surface area contributed by atoms with E-state index in [2.05, 4.69) is 17.0 Å². The van der Waals surface area contributed by atoms with E-state index in [1.807, 2.05) is 25.1 Å². The Hall–Kier alpha value is -0.900. The highest BCUT2D eigenvalue weighted by atomic mass is 16.3. The molecular weight excluding hydrogens is 202 g/mol. The lowest BCUT2D eigenvalue weighted by Crippen LogP contribution is -2.51. The van der Waals surface area contributed by atoms with Gasteiger partial charge in [-0.15, -0.1) is 0 Å². The minimum Gasteiger partial charge on any atom is -0.390 e. The van der Waals surface area contributed by atoms with Crippen molar-refractivity contribution in [2.45, 2.75) is 25.7 Å². The Balaban J connectivity index is 1.97. The molecule has 3 heteroatoms. The highest BCUT2D eigenvalue weighted by Crippen LogP contribution is 2.19. The Morgan fingerprint density at radius 2 is 1.88 bits per heavy atom. The van der Waals surface area contributed by atoms with Crippen LogP contribution in [0.5, 0.6) is 0 Å². The molecule has 0 saturated carbocycles. The van der Waals surface area contributed by atoms with Gasteiger partial charge in [-0.2, -0.15) is 0 Å². The molecule has 3 atom stereocenters. The van der Waals surface area contributed by atoms with E-state index in [0.717, 1.165) is 13.1 Å². The summed E-state index contributed by atoms with van der Waals surface area (Å²) in [7, 11) is 0. The summed E-state index contributed by atoms with van der Waals surface area (Å²) in [5.74, 6) is 0.132. The predicted octanol–water partition coefficient (Wildman–Crippen LogP) is 0.860. The standard InChI is InChI=1S/C13H19NO2/c1-10-7-14(9-12(15)13(10)16)8-11-5-3-2-4-6-11/h2-6,10,12-13,15-16H,7-9H2,1H3/t10-,12?,13+/m1/s1. The minimum absolute atomic E-state index is 0.132. The molecule has 3 nitrogen and oxygen atoms in total. The maximum Gasteiger partial charge on any atom is 0.0928 e. The monoisotopic (exact) mass is 221 g/mol. The zero-order chi connectivity index (χ0) is 11.5. The van der Waals surface area contributed by atoms with Gasteiger partial charge >= 0.3 is 0 Å². The molecule has 1 aliphatic rings. The third-order valence-corrected chi connectivity index (χ3v) is 3.22. The van der Waals surface area contributed by atoms with E-state index in [1.165, 1.54) is 5.56 Å². The first-order valence-corrected chi connectivity index (χ1v) is 5.79. The first-order valence-electron chi connectivity index (χ1n) is 5.79. The van der Waals surface area contributed by atoms with Crippen LogP contribution in [0, 0.1) is 5.92 Å². The van der Waals surface area contributed by atoms with E-state index in [9.17, 15) is 10.2 Å². The van der Waals surface area contributed by atoms with Gasteiger partial charge in [0, 0.05) is 19.6 Å². The lowest BCUT2D eigenvalue weighted by Gasteiger charge is -2.37. The summed E-state index contributed by atoms with van der Waals surface area (Å²) in [4.78, 5) is 2.19. The van der Waals surface area contributed by atoms with Gasteiger partial charge in [0.1, 0.15) is 0 Å². The van der Waals surface area contributed by atoms with Crippen molar-refractivity contribution in [3.05, 3.63) is 35.9 Å². The summed E-state index contributed by atoms with van der Waals surface area (Å²) in [6.07, 6.45) is -1.19. The van der Waals surface area contributed by atoms with Crippen molar-refractivity contribution in [3.63, 3.8) is 0 Å². The molecule has 16 heavy (non-hydrogen) atoms. The second-order valence-electron chi connectivity index (χ2n) is 4.71. The normalized spacial score (nSPS) is 31.6. The van der Waals surface area contributed by atoms with Gasteiger partial charge in [-0.3, -0.25) is 4.90 Å². The number of likely N-dealkylation sites (tertiary alicyclic amines) is 1. The van der Waals surface area contributed by atoms with Crippen LogP contribution in [0.4, 0.5) is 0 Å². The first kappa shape index (κ1) is 11.6. The smallest absolute Gasteiger partial charge is 0.0928 e. The average Bonchev–Trinajstić information content (AvgIpc) is 2.27. The van der Waals surface area contributed by atoms with E-state index in [0.29, 0.717) is 6.54 Å². The molecule has 1 unspecified atom stereocenters. The average molecular weight is 221 g/mol. The van der Waals surface area contributed by atoms with E-state index in [-0.39, 0.29) is 5.92 Å². The van der Waals surface area contributed by atoms with Crippen LogP contribution in [0.25, 0.3) is 0 Å².